The molecular formula is C13H25N5. The SMILES string of the molecule is CCCc1nn(C)c(NCC2CCCN2C)c1N. The van der Waals surface area contributed by atoms with Crippen molar-refractivity contribution < 1.29 is 0 Å². The molecule has 0 radical (unpaired) electrons. The molecule has 1 unspecified atom stereocenters. The van der Waals surface area contributed by atoms with E-state index in [-0.39, 0.29) is 0 Å². The van der Waals surface area contributed by atoms with Gasteiger partial charge >= 0.3 is 0 Å². The summed E-state index contributed by atoms with van der Waals surface area (Å²) in [5.41, 5.74) is 7.99. The number of likely N-dealkylation sites (tertiary alicyclic amines) is 1. The summed E-state index contributed by atoms with van der Waals surface area (Å²) in [6, 6.07) is 0.619. The first-order chi connectivity index (χ1) is 8.63. The summed E-state index contributed by atoms with van der Waals surface area (Å²) in [4.78, 5) is 2.41. The minimum Gasteiger partial charge on any atom is -0.394 e. The highest BCUT2D eigenvalue weighted by Crippen LogP contribution is 2.24. The molecular weight excluding hydrogens is 226 g/mol. The molecule has 1 aliphatic heterocycles. The third-order valence-corrected chi connectivity index (χ3v) is 3.82. The van der Waals surface area contributed by atoms with Crippen molar-refractivity contribution in [2.45, 2.75) is 38.6 Å². The van der Waals surface area contributed by atoms with Gasteiger partial charge < -0.3 is 16.0 Å². The standard InChI is InChI=1S/C13H25N5/c1-4-6-11-12(14)13(18(3)16-11)15-9-10-7-5-8-17(10)2/h10,15H,4-9,14H2,1-3H3. The van der Waals surface area contributed by atoms with Crippen LogP contribution in [0.2, 0.25) is 0 Å². The quantitative estimate of drug-likeness (QED) is 0.832. The number of anilines is 2. The summed E-state index contributed by atoms with van der Waals surface area (Å²) in [5, 5.41) is 7.95. The van der Waals surface area contributed by atoms with Crippen molar-refractivity contribution in [3.05, 3.63) is 5.69 Å². The van der Waals surface area contributed by atoms with Crippen LogP contribution in [0.3, 0.4) is 0 Å². The van der Waals surface area contributed by atoms with E-state index in [0.717, 1.165) is 36.6 Å². The van der Waals surface area contributed by atoms with Crippen LogP contribution in [0.4, 0.5) is 11.5 Å². The van der Waals surface area contributed by atoms with Crippen molar-refractivity contribution in [1.82, 2.24) is 14.7 Å². The van der Waals surface area contributed by atoms with Crippen molar-refractivity contribution in [3.63, 3.8) is 0 Å². The molecule has 1 aliphatic rings. The smallest absolute Gasteiger partial charge is 0.147 e. The number of rotatable bonds is 5. The van der Waals surface area contributed by atoms with Crippen LogP contribution in [0.1, 0.15) is 31.9 Å². The highest BCUT2D eigenvalue weighted by molar-refractivity contribution is 5.65. The number of aromatic nitrogens is 2. The van der Waals surface area contributed by atoms with Gasteiger partial charge in [0.25, 0.3) is 0 Å². The van der Waals surface area contributed by atoms with Gasteiger partial charge in [-0.1, -0.05) is 13.3 Å². The summed E-state index contributed by atoms with van der Waals surface area (Å²) in [6.45, 7) is 4.30. The first kappa shape index (κ1) is 13.2. The summed E-state index contributed by atoms with van der Waals surface area (Å²) >= 11 is 0. The van der Waals surface area contributed by atoms with Crippen LogP contribution >= 0.6 is 0 Å². The topological polar surface area (TPSA) is 59.1 Å². The number of hydrogen-bond donors (Lipinski definition) is 2. The zero-order chi connectivity index (χ0) is 13.1. The molecule has 3 N–H and O–H groups in total. The van der Waals surface area contributed by atoms with Gasteiger partial charge in [-0.3, -0.25) is 4.68 Å². The van der Waals surface area contributed by atoms with Crippen molar-refractivity contribution in [1.29, 1.82) is 0 Å². The van der Waals surface area contributed by atoms with Crippen molar-refractivity contribution in [2.75, 3.05) is 31.2 Å². The van der Waals surface area contributed by atoms with E-state index < -0.39 is 0 Å². The number of nitrogens with two attached hydrogens (primary N) is 1. The molecule has 2 rings (SSSR count). The number of nitrogens with zero attached hydrogens (tertiary/aromatic N) is 3. The van der Waals surface area contributed by atoms with Gasteiger partial charge in [-0.25, -0.2) is 0 Å². The molecule has 1 atom stereocenters. The van der Waals surface area contributed by atoms with Crippen LogP contribution in [0.25, 0.3) is 0 Å². The number of likely N-dealkylation sites (N-methyl/N-ethyl adjacent to an activating group) is 1. The Hall–Kier alpha value is -1.23. The van der Waals surface area contributed by atoms with Gasteiger partial charge in [0.2, 0.25) is 0 Å². The Morgan fingerprint density at radius 1 is 1.44 bits per heavy atom. The summed E-state index contributed by atoms with van der Waals surface area (Å²) in [6.07, 6.45) is 4.59. The highest BCUT2D eigenvalue weighted by atomic mass is 15.3. The second-order valence-corrected chi connectivity index (χ2v) is 5.24. The third-order valence-electron chi connectivity index (χ3n) is 3.82. The molecule has 0 saturated carbocycles. The fourth-order valence-corrected chi connectivity index (χ4v) is 2.68. The maximum absolute atomic E-state index is 6.15. The maximum Gasteiger partial charge on any atom is 0.147 e. The number of hydrogen-bond acceptors (Lipinski definition) is 4. The van der Waals surface area contributed by atoms with Crippen LogP contribution in [-0.4, -0.2) is 40.9 Å². The molecule has 1 aromatic heterocycles. The molecule has 0 bridgehead atoms. The van der Waals surface area contributed by atoms with Crippen LogP contribution < -0.4 is 11.1 Å². The summed E-state index contributed by atoms with van der Waals surface area (Å²) < 4.78 is 1.87. The normalized spacial score (nSPS) is 20.5. The minimum absolute atomic E-state index is 0.619. The van der Waals surface area contributed by atoms with Crippen LogP contribution in [0.15, 0.2) is 0 Å². The Bertz CT molecular complexity index is 398. The van der Waals surface area contributed by atoms with Crippen LogP contribution in [0.5, 0.6) is 0 Å². The number of aryl methyl sites for hydroxylation is 2. The molecule has 0 amide bonds. The lowest BCUT2D eigenvalue weighted by Gasteiger charge is -2.20. The average Bonchev–Trinajstić information content (AvgIpc) is 2.84. The largest absolute Gasteiger partial charge is 0.394 e. The zero-order valence-corrected chi connectivity index (χ0v) is 11.7. The van der Waals surface area contributed by atoms with Crippen LogP contribution in [0, 0.1) is 0 Å². The van der Waals surface area contributed by atoms with E-state index in [9.17, 15) is 0 Å². The molecule has 0 aromatic carbocycles. The van der Waals surface area contributed by atoms with Gasteiger partial charge in [0.1, 0.15) is 5.82 Å². The lowest BCUT2D eigenvalue weighted by Crippen LogP contribution is -2.32. The molecule has 18 heavy (non-hydrogen) atoms. The maximum atomic E-state index is 6.15. The van der Waals surface area contributed by atoms with E-state index in [4.69, 9.17) is 5.73 Å². The molecule has 5 nitrogen and oxygen atoms in total. The van der Waals surface area contributed by atoms with Gasteiger partial charge in [-0.05, 0) is 32.9 Å². The lowest BCUT2D eigenvalue weighted by molar-refractivity contribution is 0.322. The highest BCUT2D eigenvalue weighted by Gasteiger charge is 2.21. The molecule has 0 spiro atoms. The van der Waals surface area contributed by atoms with Gasteiger partial charge in [-0.15, -0.1) is 0 Å². The zero-order valence-electron chi connectivity index (χ0n) is 11.7. The first-order valence-corrected chi connectivity index (χ1v) is 6.89. The second-order valence-electron chi connectivity index (χ2n) is 5.24. The van der Waals surface area contributed by atoms with Crippen molar-refractivity contribution >= 4 is 11.5 Å². The Morgan fingerprint density at radius 3 is 2.83 bits per heavy atom. The Morgan fingerprint density at radius 2 is 2.22 bits per heavy atom. The van der Waals surface area contributed by atoms with E-state index in [2.05, 4.69) is 29.3 Å². The molecule has 1 aromatic rings. The molecule has 2 heterocycles. The van der Waals surface area contributed by atoms with Gasteiger partial charge in [0.05, 0.1) is 11.4 Å². The van der Waals surface area contributed by atoms with Crippen LogP contribution in [-0.2, 0) is 13.5 Å². The van der Waals surface area contributed by atoms with E-state index in [1.807, 2.05) is 11.7 Å². The Balaban J connectivity index is 2.00. The summed E-state index contributed by atoms with van der Waals surface area (Å²) in [7, 11) is 4.14. The van der Waals surface area contributed by atoms with Crippen molar-refractivity contribution in [2.24, 2.45) is 7.05 Å². The molecule has 102 valence electrons. The van der Waals surface area contributed by atoms with E-state index in [1.165, 1.54) is 19.4 Å². The van der Waals surface area contributed by atoms with Gasteiger partial charge in [-0.2, -0.15) is 5.10 Å². The summed E-state index contributed by atoms with van der Waals surface area (Å²) in [5.74, 6) is 0.971. The third kappa shape index (κ3) is 2.61. The van der Waals surface area contributed by atoms with E-state index in [1.54, 1.807) is 0 Å². The van der Waals surface area contributed by atoms with Crippen molar-refractivity contribution in [3.8, 4) is 0 Å². The monoisotopic (exact) mass is 251 g/mol. The fraction of sp³-hybridized carbons (Fsp3) is 0.769. The second kappa shape index (κ2) is 5.61. The molecule has 5 heteroatoms. The predicted molar refractivity (Wildman–Crippen MR) is 75.8 cm³/mol. The first-order valence-electron chi connectivity index (χ1n) is 6.89. The Labute approximate surface area is 109 Å². The minimum atomic E-state index is 0.619. The predicted octanol–water partition coefficient (Wildman–Crippen LogP) is 1.46. The molecule has 1 saturated heterocycles. The lowest BCUT2D eigenvalue weighted by atomic mass is 10.2. The Kier molecular flexibility index (Phi) is 4.11. The van der Waals surface area contributed by atoms with Gasteiger partial charge in [0.15, 0.2) is 0 Å². The molecule has 0 aliphatic carbocycles. The number of nitrogens with one attached hydrogen (secondary N) is 1. The fourth-order valence-electron chi connectivity index (χ4n) is 2.68. The molecule has 1 fully saturated rings. The van der Waals surface area contributed by atoms with E-state index >= 15 is 0 Å². The van der Waals surface area contributed by atoms with Gasteiger partial charge in [0, 0.05) is 19.6 Å². The average molecular weight is 251 g/mol. The number of nitrogen functional groups attached to an aromatic ring is 1. The van der Waals surface area contributed by atoms with E-state index in [0.29, 0.717) is 6.04 Å².